The number of hydrogen-bond acceptors (Lipinski definition) is 2. The van der Waals surface area contributed by atoms with Crippen LogP contribution in [-0.2, 0) is 0 Å². The minimum atomic E-state index is 0.917. The number of benzene rings is 8. The van der Waals surface area contributed by atoms with Crippen LogP contribution in [0.3, 0.4) is 0 Å². The Morgan fingerprint density at radius 1 is 0.421 bits per heavy atom. The van der Waals surface area contributed by atoms with Gasteiger partial charge in [-0.05, 0) is 89.7 Å². The fraction of sp³-hybridized carbons (Fsp3) is 0.0741. The van der Waals surface area contributed by atoms with Gasteiger partial charge in [-0.3, -0.25) is 0 Å². The second-order valence-electron chi connectivity index (χ2n) is 14.0. The molecule has 0 saturated carbocycles. The van der Waals surface area contributed by atoms with Crippen molar-refractivity contribution in [3.63, 3.8) is 0 Å². The van der Waals surface area contributed by atoms with Crippen molar-refractivity contribution in [1.29, 1.82) is 0 Å². The summed E-state index contributed by atoms with van der Waals surface area (Å²) < 4.78 is 9.06. The third-order valence-corrected chi connectivity index (χ3v) is 11.9. The highest BCUT2D eigenvalue weighted by atomic mass is 32.1. The summed E-state index contributed by atoms with van der Waals surface area (Å²) in [5.74, 6) is 0. The van der Waals surface area contributed by atoms with Crippen molar-refractivity contribution in [3.8, 4) is 44.5 Å². The highest BCUT2D eigenvalue weighted by Gasteiger charge is 2.15. The van der Waals surface area contributed by atoms with Gasteiger partial charge in [0.25, 0.3) is 0 Å². The van der Waals surface area contributed by atoms with Gasteiger partial charge in [0.2, 0.25) is 0 Å². The predicted octanol–water partition coefficient (Wildman–Crippen LogP) is 16.9. The van der Waals surface area contributed by atoms with Crippen LogP contribution in [0.25, 0.3) is 108 Å². The van der Waals surface area contributed by atoms with Gasteiger partial charge < -0.3 is 9.40 Å². The standard InChI is InChI=1S/C48H29NOS.C4H8.C2H6/c1-3-19-44-37(13-1)41-18-8-16-36(48(41)50-44)34-22-24-43-42(27-34)40-17-7-15-35(47(40)49-43)33-12-6-11-31(26-33)29-9-5-10-30(25-29)32-21-23-39-38-14-2-4-20-45(38)51-46(39)28-32;1-3-4-2;1-2/h1-28,49H;3-4H,1-2H3;1-2H3/b;4-3-;. The number of aromatic nitrogens is 1. The lowest BCUT2D eigenvalue weighted by Gasteiger charge is -2.10. The number of allylic oxidation sites excluding steroid dienone is 2. The van der Waals surface area contributed by atoms with Crippen LogP contribution in [0.2, 0.25) is 0 Å². The highest BCUT2D eigenvalue weighted by molar-refractivity contribution is 7.25. The Morgan fingerprint density at radius 3 is 1.75 bits per heavy atom. The normalized spacial score (nSPS) is 11.4. The van der Waals surface area contributed by atoms with Crippen LogP contribution in [0.1, 0.15) is 27.7 Å². The van der Waals surface area contributed by atoms with Crippen molar-refractivity contribution >= 4 is 75.3 Å². The van der Waals surface area contributed by atoms with E-state index in [2.05, 4.69) is 163 Å². The summed E-state index contributed by atoms with van der Waals surface area (Å²) in [6.45, 7) is 8.00. The third kappa shape index (κ3) is 6.50. The number of furan rings is 1. The molecule has 11 aromatic rings. The minimum absolute atomic E-state index is 0.917. The summed E-state index contributed by atoms with van der Waals surface area (Å²) in [7, 11) is 0. The summed E-state index contributed by atoms with van der Waals surface area (Å²) in [5, 5.41) is 7.37. The van der Waals surface area contributed by atoms with Crippen LogP contribution < -0.4 is 0 Å². The zero-order valence-corrected chi connectivity index (χ0v) is 33.5. The maximum Gasteiger partial charge on any atom is 0.143 e. The molecule has 0 atom stereocenters. The predicted molar refractivity (Wildman–Crippen MR) is 250 cm³/mol. The topological polar surface area (TPSA) is 28.9 Å². The first kappa shape index (κ1) is 36.0. The number of aromatic amines is 1. The molecule has 0 aliphatic heterocycles. The molecule has 0 unspecified atom stereocenters. The van der Waals surface area contributed by atoms with Crippen LogP contribution in [0.5, 0.6) is 0 Å². The Hall–Kier alpha value is -6.68. The molecule has 2 nitrogen and oxygen atoms in total. The zero-order valence-electron chi connectivity index (χ0n) is 32.6. The Morgan fingerprint density at radius 2 is 0.982 bits per heavy atom. The van der Waals surface area contributed by atoms with E-state index in [-0.39, 0.29) is 0 Å². The van der Waals surface area contributed by atoms with Gasteiger partial charge in [-0.2, -0.15) is 0 Å². The maximum atomic E-state index is 6.40. The van der Waals surface area contributed by atoms with Gasteiger partial charge in [-0.1, -0.05) is 153 Å². The number of nitrogens with one attached hydrogen (secondary N) is 1. The lowest BCUT2D eigenvalue weighted by atomic mass is 9.95. The lowest BCUT2D eigenvalue weighted by molar-refractivity contribution is 0.670. The van der Waals surface area contributed by atoms with Crippen LogP contribution in [0, 0.1) is 0 Å². The van der Waals surface area contributed by atoms with Crippen LogP contribution in [0.4, 0.5) is 0 Å². The second kappa shape index (κ2) is 15.5. The molecular formula is C54H43NOS. The summed E-state index contributed by atoms with van der Waals surface area (Å²) >= 11 is 1.87. The fourth-order valence-corrected chi connectivity index (χ4v) is 9.10. The fourth-order valence-electron chi connectivity index (χ4n) is 7.95. The minimum Gasteiger partial charge on any atom is -0.455 e. The first-order valence-electron chi connectivity index (χ1n) is 19.8. The average Bonchev–Trinajstić information content (AvgIpc) is 3.98. The van der Waals surface area contributed by atoms with Gasteiger partial charge in [-0.25, -0.2) is 0 Å². The van der Waals surface area contributed by atoms with Gasteiger partial charge in [0.05, 0.1) is 5.52 Å². The Kier molecular flexibility index (Phi) is 9.76. The van der Waals surface area contributed by atoms with Gasteiger partial charge in [-0.15, -0.1) is 11.3 Å². The molecule has 0 saturated heterocycles. The molecule has 0 spiro atoms. The molecule has 0 aliphatic rings. The number of para-hydroxylation sites is 3. The van der Waals surface area contributed by atoms with E-state index < -0.39 is 0 Å². The van der Waals surface area contributed by atoms with Crippen LogP contribution >= 0.6 is 11.3 Å². The molecule has 0 fully saturated rings. The molecule has 1 N–H and O–H groups in total. The first-order chi connectivity index (χ1) is 28.2. The van der Waals surface area contributed by atoms with E-state index in [9.17, 15) is 0 Å². The number of thiophene rings is 1. The third-order valence-electron chi connectivity index (χ3n) is 10.8. The summed E-state index contributed by atoms with van der Waals surface area (Å²) in [6.07, 6.45) is 4.00. The van der Waals surface area contributed by atoms with E-state index in [1.807, 2.05) is 63.3 Å². The average molecular weight is 754 g/mol. The molecular weight excluding hydrogens is 711 g/mol. The number of rotatable bonds is 4. The Labute approximate surface area is 337 Å². The van der Waals surface area contributed by atoms with E-state index in [1.165, 1.54) is 64.3 Å². The molecule has 3 heteroatoms. The van der Waals surface area contributed by atoms with Crippen LogP contribution in [0.15, 0.2) is 186 Å². The highest BCUT2D eigenvalue weighted by Crippen LogP contribution is 2.41. The van der Waals surface area contributed by atoms with Crippen LogP contribution in [-0.4, -0.2) is 4.98 Å². The molecule has 276 valence electrons. The van der Waals surface area contributed by atoms with E-state index in [0.717, 1.165) is 44.1 Å². The van der Waals surface area contributed by atoms with Gasteiger partial charge in [0, 0.05) is 58.4 Å². The molecule has 0 aliphatic carbocycles. The van der Waals surface area contributed by atoms with E-state index in [0.29, 0.717) is 0 Å². The molecule has 3 aromatic heterocycles. The van der Waals surface area contributed by atoms with Gasteiger partial charge in [0.15, 0.2) is 0 Å². The molecule has 57 heavy (non-hydrogen) atoms. The zero-order chi connectivity index (χ0) is 38.9. The van der Waals surface area contributed by atoms with Crippen molar-refractivity contribution in [2.45, 2.75) is 27.7 Å². The number of H-pyrrole nitrogens is 1. The summed E-state index contributed by atoms with van der Waals surface area (Å²) in [6, 6.07) is 61.5. The molecule has 0 amide bonds. The summed E-state index contributed by atoms with van der Waals surface area (Å²) in [5.41, 5.74) is 13.6. The van der Waals surface area contributed by atoms with E-state index >= 15 is 0 Å². The van der Waals surface area contributed by atoms with Gasteiger partial charge >= 0.3 is 0 Å². The quantitative estimate of drug-likeness (QED) is 0.178. The summed E-state index contributed by atoms with van der Waals surface area (Å²) in [4.78, 5) is 3.77. The number of fused-ring (bicyclic) bond motifs is 9. The van der Waals surface area contributed by atoms with Crippen molar-refractivity contribution in [3.05, 3.63) is 182 Å². The second-order valence-corrected chi connectivity index (χ2v) is 15.1. The monoisotopic (exact) mass is 753 g/mol. The largest absolute Gasteiger partial charge is 0.455 e. The Balaban J connectivity index is 0.000000666. The SMILES string of the molecule is C/C=C\C.CC.c1cc(-c2cccc(-c3cccc4c3[nH]c3ccc(-c5cccc6c5oc5ccccc56)cc34)c2)cc(-c2ccc3c(c2)sc2ccccc23)c1. The Bertz CT molecular complexity index is 3240. The molecule has 11 rings (SSSR count). The van der Waals surface area contributed by atoms with Crippen molar-refractivity contribution < 1.29 is 4.42 Å². The molecule has 3 heterocycles. The van der Waals surface area contributed by atoms with E-state index in [4.69, 9.17) is 4.42 Å². The van der Waals surface area contributed by atoms with Gasteiger partial charge in [0.1, 0.15) is 11.2 Å². The smallest absolute Gasteiger partial charge is 0.143 e. The van der Waals surface area contributed by atoms with Crippen molar-refractivity contribution in [2.24, 2.45) is 0 Å². The van der Waals surface area contributed by atoms with Crippen molar-refractivity contribution in [1.82, 2.24) is 4.98 Å². The lowest BCUT2D eigenvalue weighted by Crippen LogP contribution is -1.84. The maximum absolute atomic E-state index is 6.40. The molecule has 8 aromatic carbocycles. The van der Waals surface area contributed by atoms with Crippen molar-refractivity contribution in [2.75, 3.05) is 0 Å². The number of hydrogen-bond donors (Lipinski definition) is 1. The van der Waals surface area contributed by atoms with E-state index in [1.54, 1.807) is 0 Å². The molecule has 0 radical (unpaired) electrons. The first-order valence-corrected chi connectivity index (χ1v) is 20.6. The molecule has 0 bridgehead atoms.